The van der Waals surface area contributed by atoms with E-state index in [0.717, 1.165) is 49.7 Å². The lowest BCUT2D eigenvalue weighted by Crippen LogP contribution is -2.37. The normalized spacial score (nSPS) is 16.7. The number of nitrogens with one attached hydrogen (secondary N) is 1. The number of halogens is 1. The van der Waals surface area contributed by atoms with Gasteiger partial charge in [-0.15, -0.1) is 0 Å². The molecule has 1 aliphatic heterocycles. The highest BCUT2D eigenvalue weighted by Gasteiger charge is 2.23. The van der Waals surface area contributed by atoms with Crippen LogP contribution in [0.25, 0.3) is 0 Å². The van der Waals surface area contributed by atoms with E-state index in [1.54, 1.807) is 25.3 Å². The molecule has 0 saturated carbocycles. The molecule has 1 atom stereocenters. The first-order chi connectivity index (χ1) is 13.4. The molecule has 2 heterocycles. The van der Waals surface area contributed by atoms with E-state index < -0.39 is 0 Å². The molecule has 150 valence electrons. The number of ether oxygens (including phenoxy) is 1. The molecule has 7 heteroatoms. The molecule has 1 saturated heterocycles. The van der Waals surface area contributed by atoms with Crippen LogP contribution in [-0.4, -0.2) is 36.1 Å². The number of piperidine rings is 1. The maximum Gasteiger partial charge on any atom is 0.225 e. The lowest BCUT2D eigenvalue weighted by Gasteiger charge is -2.33. The molecule has 0 bridgehead atoms. The molecule has 0 spiro atoms. The number of rotatable bonds is 6. The lowest BCUT2D eigenvalue weighted by molar-refractivity contribution is -0.116. The number of methoxy groups -OCH3 is 1. The Balaban J connectivity index is 1.55. The summed E-state index contributed by atoms with van der Waals surface area (Å²) < 4.78 is 5.28. The third-order valence-corrected chi connectivity index (χ3v) is 5.22. The third-order valence-electron chi connectivity index (χ3n) is 4.99. The summed E-state index contributed by atoms with van der Waals surface area (Å²) in [6, 6.07) is 7.18. The Morgan fingerprint density at radius 2 is 2.04 bits per heavy atom. The summed E-state index contributed by atoms with van der Waals surface area (Å²) in [7, 11) is 1.57. The van der Waals surface area contributed by atoms with Gasteiger partial charge in [-0.2, -0.15) is 0 Å². The third kappa shape index (κ3) is 5.35. The molecular weight excluding hydrogens is 376 g/mol. The van der Waals surface area contributed by atoms with Gasteiger partial charge in [0.1, 0.15) is 5.75 Å². The van der Waals surface area contributed by atoms with Gasteiger partial charge in [-0.3, -0.25) is 4.79 Å². The van der Waals surface area contributed by atoms with Crippen LogP contribution in [0.3, 0.4) is 0 Å². The van der Waals surface area contributed by atoms with Crippen LogP contribution in [-0.2, 0) is 4.79 Å². The average Bonchev–Trinajstić information content (AvgIpc) is 2.66. The molecule has 6 nitrogen and oxygen atoms in total. The van der Waals surface area contributed by atoms with Crippen molar-refractivity contribution in [3.05, 3.63) is 40.7 Å². The van der Waals surface area contributed by atoms with Gasteiger partial charge in [0.15, 0.2) is 0 Å². The number of hydrogen-bond acceptors (Lipinski definition) is 5. The smallest absolute Gasteiger partial charge is 0.225 e. The van der Waals surface area contributed by atoms with Crippen molar-refractivity contribution in [3.63, 3.8) is 0 Å². The Labute approximate surface area is 171 Å². The van der Waals surface area contributed by atoms with Crippen molar-refractivity contribution in [1.82, 2.24) is 9.97 Å². The van der Waals surface area contributed by atoms with Crippen LogP contribution in [0.15, 0.2) is 24.3 Å². The molecule has 2 aromatic rings. The summed E-state index contributed by atoms with van der Waals surface area (Å²) in [5.41, 5.74) is 2.58. The maximum absolute atomic E-state index is 12.4. The van der Waals surface area contributed by atoms with Crippen LogP contribution in [0.4, 0.5) is 11.6 Å². The van der Waals surface area contributed by atoms with Gasteiger partial charge in [0.25, 0.3) is 0 Å². The summed E-state index contributed by atoms with van der Waals surface area (Å²) in [6.45, 7) is 5.84. The van der Waals surface area contributed by atoms with Crippen LogP contribution in [0.5, 0.6) is 5.75 Å². The summed E-state index contributed by atoms with van der Waals surface area (Å²) in [5.74, 6) is 1.83. The minimum Gasteiger partial charge on any atom is -0.495 e. The first-order valence-electron chi connectivity index (χ1n) is 9.65. The number of carbonyl (C=O) groups is 1. The largest absolute Gasteiger partial charge is 0.495 e. The summed E-state index contributed by atoms with van der Waals surface area (Å²) in [5, 5.41) is 3.48. The molecule has 0 aliphatic carbocycles. The first kappa shape index (κ1) is 20.4. The number of anilines is 2. The number of benzene rings is 1. The van der Waals surface area contributed by atoms with E-state index in [2.05, 4.69) is 20.2 Å². The number of nitrogens with zero attached hydrogens (tertiary/aromatic N) is 3. The molecule has 28 heavy (non-hydrogen) atoms. The van der Waals surface area contributed by atoms with Gasteiger partial charge in [0, 0.05) is 35.9 Å². The number of aromatic nitrogens is 2. The number of carbonyl (C=O) groups excluding carboxylic acids is 1. The Morgan fingerprint density at radius 3 is 2.75 bits per heavy atom. The molecule has 1 aromatic carbocycles. The van der Waals surface area contributed by atoms with E-state index in [-0.39, 0.29) is 5.91 Å². The van der Waals surface area contributed by atoms with Crippen molar-refractivity contribution >= 4 is 29.1 Å². The van der Waals surface area contributed by atoms with Crippen molar-refractivity contribution in [2.75, 3.05) is 30.4 Å². The monoisotopic (exact) mass is 402 g/mol. The number of amides is 1. The SMILES string of the molecule is COc1ccc(Cl)cc1NC(=O)CC[C@H]1CCCN(c2nc(C)cc(C)n2)C1. The van der Waals surface area contributed by atoms with Gasteiger partial charge in [0.05, 0.1) is 12.8 Å². The van der Waals surface area contributed by atoms with Crippen molar-refractivity contribution in [3.8, 4) is 5.75 Å². The van der Waals surface area contributed by atoms with E-state index in [1.165, 1.54) is 0 Å². The van der Waals surface area contributed by atoms with Gasteiger partial charge in [0.2, 0.25) is 11.9 Å². The van der Waals surface area contributed by atoms with Crippen molar-refractivity contribution in [2.45, 2.75) is 39.5 Å². The first-order valence-corrected chi connectivity index (χ1v) is 10.0. The predicted octanol–water partition coefficient (Wildman–Crippen LogP) is 4.39. The molecule has 0 radical (unpaired) electrons. The number of hydrogen-bond donors (Lipinski definition) is 1. The van der Waals surface area contributed by atoms with Crippen LogP contribution < -0.4 is 15.0 Å². The Kier molecular flexibility index (Phi) is 6.73. The second-order valence-corrected chi connectivity index (χ2v) is 7.77. The van der Waals surface area contributed by atoms with Crippen LogP contribution in [0.2, 0.25) is 5.02 Å². The fourth-order valence-electron chi connectivity index (χ4n) is 3.66. The highest BCUT2D eigenvalue weighted by Crippen LogP contribution is 2.29. The Morgan fingerprint density at radius 1 is 1.29 bits per heavy atom. The molecule has 1 N–H and O–H groups in total. The fraction of sp³-hybridized carbons (Fsp3) is 0.476. The second-order valence-electron chi connectivity index (χ2n) is 7.34. The van der Waals surface area contributed by atoms with E-state index in [4.69, 9.17) is 16.3 Å². The van der Waals surface area contributed by atoms with E-state index in [9.17, 15) is 4.79 Å². The Hall–Kier alpha value is -2.34. The lowest BCUT2D eigenvalue weighted by atomic mass is 9.93. The van der Waals surface area contributed by atoms with E-state index in [0.29, 0.717) is 28.8 Å². The van der Waals surface area contributed by atoms with Crippen LogP contribution in [0.1, 0.15) is 37.1 Å². The molecule has 1 aliphatic rings. The molecule has 3 rings (SSSR count). The van der Waals surface area contributed by atoms with Gasteiger partial charge in [-0.05, 0) is 63.3 Å². The maximum atomic E-state index is 12.4. The summed E-state index contributed by atoms with van der Waals surface area (Å²) in [4.78, 5) is 23.8. The average molecular weight is 403 g/mol. The molecule has 1 aromatic heterocycles. The van der Waals surface area contributed by atoms with E-state index in [1.807, 2.05) is 19.9 Å². The fourth-order valence-corrected chi connectivity index (χ4v) is 3.83. The molecule has 1 amide bonds. The van der Waals surface area contributed by atoms with Gasteiger partial charge >= 0.3 is 0 Å². The quantitative estimate of drug-likeness (QED) is 0.776. The molecular formula is C21H27ClN4O2. The van der Waals surface area contributed by atoms with Crippen molar-refractivity contribution < 1.29 is 9.53 Å². The predicted molar refractivity (Wildman–Crippen MR) is 112 cm³/mol. The highest BCUT2D eigenvalue weighted by atomic mass is 35.5. The minimum absolute atomic E-state index is 0.0275. The zero-order chi connectivity index (χ0) is 20.1. The van der Waals surface area contributed by atoms with E-state index >= 15 is 0 Å². The topological polar surface area (TPSA) is 67.3 Å². The minimum atomic E-state index is -0.0275. The standard InChI is InChI=1S/C21H27ClN4O2/c1-14-11-15(2)24-21(23-14)26-10-4-5-16(13-26)6-9-20(27)25-18-12-17(22)7-8-19(18)28-3/h7-8,11-12,16H,4-6,9-10,13H2,1-3H3,(H,25,27)/t16-/m1/s1. The van der Waals surface area contributed by atoms with Gasteiger partial charge in [-0.1, -0.05) is 11.6 Å². The molecule has 0 unspecified atom stereocenters. The van der Waals surface area contributed by atoms with Crippen molar-refractivity contribution in [1.29, 1.82) is 0 Å². The highest BCUT2D eigenvalue weighted by molar-refractivity contribution is 6.31. The van der Waals surface area contributed by atoms with Crippen LogP contribution in [0, 0.1) is 19.8 Å². The van der Waals surface area contributed by atoms with Gasteiger partial charge < -0.3 is 15.0 Å². The zero-order valence-electron chi connectivity index (χ0n) is 16.7. The summed E-state index contributed by atoms with van der Waals surface area (Å²) >= 11 is 6.03. The Bertz CT molecular complexity index is 823. The zero-order valence-corrected chi connectivity index (χ0v) is 17.4. The second kappa shape index (κ2) is 9.24. The summed E-state index contributed by atoms with van der Waals surface area (Å²) in [6.07, 6.45) is 3.50. The molecule has 1 fully saturated rings. The van der Waals surface area contributed by atoms with Crippen LogP contribution >= 0.6 is 11.6 Å². The van der Waals surface area contributed by atoms with Crippen molar-refractivity contribution in [2.24, 2.45) is 5.92 Å². The number of aryl methyl sites for hydroxylation is 2. The van der Waals surface area contributed by atoms with Gasteiger partial charge in [-0.25, -0.2) is 9.97 Å².